The monoisotopic (exact) mass is 270 g/mol. The van der Waals surface area contributed by atoms with Crippen molar-refractivity contribution >= 4 is 17.0 Å². The largest absolute Gasteiger partial charge is 0.480 e. The molecule has 0 aliphatic carbocycles. The third kappa shape index (κ3) is 1.85. The zero-order chi connectivity index (χ0) is 14.1. The van der Waals surface area contributed by atoms with Crippen LogP contribution in [-0.2, 0) is 4.79 Å². The van der Waals surface area contributed by atoms with Crippen LogP contribution in [0.2, 0.25) is 0 Å². The van der Waals surface area contributed by atoms with Crippen molar-refractivity contribution in [1.29, 1.82) is 0 Å². The fraction of sp³-hybridized carbons (Fsp3) is 0.214. The molecule has 20 heavy (non-hydrogen) atoms. The van der Waals surface area contributed by atoms with E-state index in [1.165, 1.54) is 4.68 Å². The minimum atomic E-state index is -0.901. The summed E-state index contributed by atoms with van der Waals surface area (Å²) in [5.41, 5.74) is 0.588. The molecule has 0 aromatic carbocycles. The average molecular weight is 270 g/mol. The van der Waals surface area contributed by atoms with E-state index in [1.54, 1.807) is 6.20 Å². The molecule has 0 aliphatic heterocycles. The van der Waals surface area contributed by atoms with Crippen molar-refractivity contribution in [1.82, 2.24) is 19.3 Å². The maximum Gasteiger partial charge on any atom is 0.328 e. The lowest BCUT2D eigenvalue weighted by atomic mass is 10.2. The van der Waals surface area contributed by atoms with Crippen LogP contribution in [0.1, 0.15) is 19.4 Å². The van der Waals surface area contributed by atoms with Gasteiger partial charge >= 0.3 is 5.97 Å². The summed E-state index contributed by atoms with van der Waals surface area (Å²) in [7, 11) is 0. The number of aliphatic carboxylic acids is 1. The highest BCUT2D eigenvalue weighted by Gasteiger charge is 2.23. The van der Waals surface area contributed by atoms with Gasteiger partial charge in [-0.05, 0) is 30.7 Å². The number of hydrogen-bond donors (Lipinski definition) is 1. The second-order valence-corrected chi connectivity index (χ2v) is 4.50. The quantitative estimate of drug-likeness (QED) is 0.789. The van der Waals surface area contributed by atoms with E-state index >= 15 is 0 Å². The Hall–Kier alpha value is -2.63. The van der Waals surface area contributed by atoms with Crippen LogP contribution in [0.15, 0.2) is 42.9 Å². The highest BCUT2D eigenvalue weighted by molar-refractivity contribution is 5.85. The van der Waals surface area contributed by atoms with Crippen LogP contribution in [0.3, 0.4) is 0 Å². The van der Waals surface area contributed by atoms with Crippen LogP contribution in [-0.4, -0.2) is 30.4 Å². The van der Waals surface area contributed by atoms with E-state index in [0.717, 1.165) is 5.39 Å². The van der Waals surface area contributed by atoms with E-state index in [0.29, 0.717) is 17.9 Å². The van der Waals surface area contributed by atoms with E-state index in [2.05, 4.69) is 10.1 Å². The lowest BCUT2D eigenvalue weighted by Gasteiger charge is -2.10. The number of fused-ring (bicyclic) bond motifs is 1. The van der Waals surface area contributed by atoms with Crippen molar-refractivity contribution in [3.8, 4) is 5.82 Å². The molecule has 0 saturated heterocycles. The number of pyridine rings is 1. The van der Waals surface area contributed by atoms with Crippen LogP contribution in [0.4, 0.5) is 0 Å². The summed E-state index contributed by atoms with van der Waals surface area (Å²) in [4.78, 5) is 15.7. The van der Waals surface area contributed by atoms with Crippen LogP contribution >= 0.6 is 0 Å². The highest BCUT2D eigenvalue weighted by Crippen LogP contribution is 2.24. The zero-order valence-corrected chi connectivity index (χ0v) is 11.0. The molecule has 0 aliphatic rings. The first-order valence-electron chi connectivity index (χ1n) is 6.41. The molecule has 0 spiro atoms. The summed E-state index contributed by atoms with van der Waals surface area (Å²) in [5.74, 6) is -0.209. The van der Waals surface area contributed by atoms with Crippen molar-refractivity contribution < 1.29 is 9.90 Å². The molecule has 0 saturated carbocycles. The van der Waals surface area contributed by atoms with Crippen LogP contribution in [0.5, 0.6) is 0 Å². The molecule has 0 bridgehead atoms. The van der Waals surface area contributed by atoms with Gasteiger partial charge in [-0.25, -0.2) is 14.5 Å². The molecule has 6 heteroatoms. The van der Waals surface area contributed by atoms with Gasteiger partial charge in [0.25, 0.3) is 0 Å². The Morgan fingerprint density at radius 2 is 2.10 bits per heavy atom. The van der Waals surface area contributed by atoms with Crippen molar-refractivity contribution in [3.63, 3.8) is 0 Å². The van der Waals surface area contributed by atoms with Crippen molar-refractivity contribution in [3.05, 3.63) is 42.9 Å². The zero-order valence-electron chi connectivity index (χ0n) is 11.0. The smallest absolute Gasteiger partial charge is 0.328 e. The van der Waals surface area contributed by atoms with Crippen LogP contribution < -0.4 is 0 Å². The first-order chi connectivity index (χ1) is 9.72. The number of rotatable bonds is 4. The molecule has 3 heterocycles. The van der Waals surface area contributed by atoms with Gasteiger partial charge in [-0.1, -0.05) is 6.92 Å². The van der Waals surface area contributed by atoms with E-state index < -0.39 is 12.0 Å². The van der Waals surface area contributed by atoms with Gasteiger partial charge in [-0.15, -0.1) is 0 Å². The highest BCUT2D eigenvalue weighted by atomic mass is 16.4. The molecule has 0 fully saturated rings. The molecule has 6 nitrogen and oxygen atoms in total. The van der Waals surface area contributed by atoms with Gasteiger partial charge in [-0.2, -0.15) is 5.10 Å². The van der Waals surface area contributed by atoms with Crippen molar-refractivity contribution in [2.75, 3.05) is 0 Å². The molecule has 3 aromatic heterocycles. The number of aromatic nitrogens is 4. The van der Waals surface area contributed by atoms with E-state index in [-0.39, 0.29) is 0 Å². The summed E-state index contributed by atoms with van der Waals surface area (Å²) < 4.78 is 3.35. The molecule has 3 aromatic rings. The van der Waals surface area contributed by atoms with Crippen LogP contribution in [0.25, 0.3) is 16.9 Å². The summed E-state index contributed by atoms with van der Waals surface area (Å²) in [6, 6.07) is 6.81. The summed E-state index contributed by atoms with van der Waals surface area (Å²) in [6.45, 7) is 1.82. The lowest BCUT2D eigenvalue weighted by Crippen LogP contribution is -2.19. The standard InChI is InChI=1S/C14H14N4O2/c1-2-11(14(19)20)18-12-10(6-5-7-15-12)13(16-18)17-8-3-4-9-17/h3-9,11H,2H2,1H3,(H,19,20). The predicted octanol–water partition coefficient (Wildman–Crippen LogP) is 2.26. The van der Waals surface area contributed by atoms with Gasteiger partial charge in [0.1, 0.15) is 0 Å². The number of hydrogen-bond acceptors (Lipinski definition) is 3. The van der Waals surface area contributed by atoms with Gasteiger partial charge in [0, 0.05) is 18.6 Å². The maximum atomic E-state index is 11.4. The van der Waals surface area contributed by atoms with Gasteiger partial charge < -0.3 is 9.67 Å². The Morgan fingerprint density at radius 3 is 2.75 bits per heavy atom. The molecule has 1 atom stereocenters. The second-order valence-electron chi connectivity index (χ2n) is 4.50. The first-order valence-corrected chi connectivity index (χ1v) is 6.41. The second kappa shape index (κ2) is 4.80. The predicted molar refractivity (Wildman–Crippen MR) is 73.8 cm³/mol. The molecule has 102 valence electrons. The van der Waals surface area contributed by atoms with Gasteiger partial charge in [-0.3, -0.25) is 0 Å². The number of carboxylic acid groups (broad SMARTS) is 1. The Kier molecular flexibility index (Phi) is 2.98. The summed E-state index contributed by atoms with van der Waals surface area (Å²) in [6.07, 6.45) is 5.85. The Bertz CT molecular complexity index is 746. The molecule has 1 N–H and O–H groups in total. The third-order valence-electron chi connectivity index (χ3n) is 3.26. The van der Waals surface area contributed by atoms with Gasteiger partial charge in [0.05, 0.1) is 5.39 Å². The SMILES string of the molecule is CCC(C(=O)O)n1nc(-n2cccc2)c2cccnc21. The number of carboxylic acids is 1. The minimum absolute atomic E-state index is 0.452. The number of nitrogens with zero attached hydrogens (tertiary/aromatic N) is 4. The third-order valence-corrected chi connectivity index (χ3v) is 3.26. The van der Waals surface area contributed by atoms with E-state index in [9.17, 15) is 9.90 Å². The Labute approximate surface area is 115 Å². The van der Waals surface area contributed by atoms with Crippen molar-refractivity contribution in [2.24, 2.45) is 0 Å². The fourth-order valence-corrected chi connectivity index (χ4v) is 2.29. The summed E-state index contributed by atoms with van der Waals surface area (Å²) in [5, 5.41) is 14.6. The van der Waals surface area contributed by atoms with Gasteiger partial charge in [0.2, 0.25) is 0 Å². The molecular formula is C14H14N4O2. The molecule has 3 rings (SSSR count). The first kappa shape index (κ1) is 12.4. The van der Waals surface area contributed by atoms with E-state index in [4.69, 9.17) is 0 Å². The Balaban J connectivity index is 2.26. The number of carbonyl (C=O) groups is 1. The lowest BCUT2D eigenvalue weighted by molar-refractivity contribution is -0.141. The topological polar surface area (TPSA) is 72.9 Å². The minimum Gasteiger partial charge on any atom is -0.480 e. The van der Waals surface area contributed by atoms with Gasteiger partial charge in [0.15, 0.2) is 17.5 Å². The van der Waals surface area contributed by atoms with E-state index in [1.807, 2.05) is 48.1 Å². The van der Waals surface area contributed by atoms with Crippen molar-refractivity contribution in [2.45, 2.75) is 19.4 Å². The molecule has 1 unspecified atom stereocenters. The summed E-state index contributed by atoms with van der Waals surface area (Å²) >= 11 is 0. The Morgan fingerprint density at radius 1 is 1.35 bits per heavy atom. The molecule has 0 radical (unpaired) electrons. The fourth-order valence-electron chi connectivity index (χ4n) is 2.29. The normalized spacial score (nSPS) is 12.7. The van der Waals surface area contributed by atoms with Crippen LogP contribution in [0, 0.1) is 0 Å². The molecule has 0 amide bonds. The maximum absolute atomic E-state index is 11.4. The average Bonchev–Trinajstić information content (AvgIpc) is 3.07. The molecular weight excluding hydrogens is 256 g/mol.